The molecule has 0 aliphatic heterocycles. The highest BCUT2D eigenvalue weighted by Gasteiger charge is 2.30. The molecule has 2 amide bonds. The summed E-state index contributed by atoms with van der Waals surface area (Å²) in [6.07, 6.45) is 4.84. The van der Waals surface area contributed by atoms with Gasteiger partial charge in [0, 0.05) is 42.9 Å². The van der Waals surface area contributed by atoms with Crippen molar-refractivity contribution in [1.29, 1.82) is 0 Å². The Balaban J connectivity index is 1.78. The number of aromatic nitrogens is 1. The van der Waals surface area contributed by atoms with Gasteiger partial charge in [-0.15, -0.1) is 0 Å². The van der Waals surface area contributed by atoms with Gasteiger partial charge in [-0.25, -0.2) is 0 Å². The maximum absolute atomic E-state index is 13.8. The lowest BCUT2D eigenvalue weighted by Gasteiger charge is -2.30. The Morgan fingerprint density at radius 3 is 2.57 bits per heavy atom. The van der Waals surface area contributed by atoms with E-state index >= 15 is 0 Å². The second kappa shape index (κ2) is 12.5. The first-order valence-corrected chi connectivity index (χ1v) is 12.6. The van der Waals surface area contributed by atoms with E-state index in [1.807, 2.05) is 58.9 Å². The number of hydrogen-bond donors (Lipinski definition) is 1. The van der Waals surface area contributed by atoms with Gasteiger partial charge < -0.3 is 19.4 Å². The molecule has 1 unspecified atom stereocenters. The molecule has 0 spiro atoms. The fraction of sp³-hybridized carbons (Fsp3) is 0.448. The Hall–Kier alpha value is -3.68. The van der Waals surface area contributed by atoms with Crippen LogP contribution in [0.3, 0.4) is 0 Å². The van der Waals surface area contributed by atoms with E-state index in [1.54, 1.807) is 35.7 Å². The van der Waals surface area contributed by atoms with Crippen LogP contribution in [0.4, 0.5) is 0 Å². The molecule has 37 heavy (non-hydrogen) atoms. The molecule has 0 bridgehead atoms. The Kier molecular flexibility index (Phi) is 9.44. The van der Waals surface area contributed by atoms with Gasteiger partial charge in [-0.3, -0.25) is 19.4 Å². The lowest BCUT2D eigenvalue weighted by molar-refractivity contribution is -0.149. The second-order valence-corrected chi connectivity index (χ2v) is 11.0. The molecule has 3 aromatic rings. The van der Waals surface area contributed by atoms with E-state index in [0.29, 0.717) is 13.1 Å². The van der Waals surface area contributed by atoms with Gasteiger partial charge in [0.2, 0.25) is 11.8 Å². The van der Waals surface area contributed by atoms with Crippen LogP contribution in [0.2, 0.25) is 0 Å². The zero-order valence-electron chi connectivity index (χ0n) is 22.3. The standard InChI is InChI=1S/C29H37N3O5/c1-20(2)17-32(18-21-8-9-25-23(13-21)10-12-36-25)28(35)24(31-26(33)15-29(3,4)5)14-27(34)37-19-22-7-6-11-30-16-22/h6-13,16,20,24H,14-15,17-19H2,1-5H3,(H,31,33). The molecule has 1 N–H and O–H groups in total. The summed E-state index contributed by atoms with van der Waals surface area (Å²) < 4.78 is 10.8. The number of hydrogen-bond acceptors (Lipinski definition) is 6. The predicted molar refractivity (Wildman–Crippen MR) is 141 cm³/mol. The largest absolute Gasteiger partial charge is 0.464 e. The second-order valence-electron chi connectivity index (χ2n) is 11.0. The third kappa shape index (κ3) is 9.04. The topological polar surface area (TPSA) is 102 Å². The van der Waals surface area contributed by atoms with E-state index in [1.165, 1.54) is 0 Å². The van der Waals surface area contributed by atoms with E-state index in [2.05, 4.69) is 10.3 Å². The molecule has 8 nitrogen and oxygen atoms in total. The quantitative estimate of drug-likeness (QED) is 0.372. The van der Waals surface area contributed by atoms with E-state index in [4.69, 9.17) is 9.15 Å². The van der Waals surface area contributed by atoms with Crippen LogP contribution in [0.5, 0.6) is 0 Å². The molecule has 3 rings (SSSR count). The summed E-state index contributed by atoms with van der Waals surface area (Å²) in [6, 6.07) is 10.2. The molecule has 2 heterocycles. The first kappa shape index (κ1) is 27.9. The maximum Gasteiger partial charge on any atom is 0.308 e. The number of carbonyl (C=O) groups excluding carboxylic acids is 3. The number of furan rings is 1. The highest BCUT2D eigenvalue weighted by molar-refractivity contribution is 5.91. The van der Waals surface area contributed by atoms with Crippen LogP contribution >= 0.6 is 0 Å². The number of carbonyl (C=O) groups is 3. The van der Waals surface area contributed by atoms with Gasteiger partial charge in [0.05, 0.1) is 12.7 Å². The van der Waals surface area contributed by atoms with Crippen LogP contribution in [0.15, 0.2) is 59.5 Å². The van der Waals surface area contributed by atoms with Crippen LogP contribution in [0.1, 0.15) is 58.6 Å². The highest BCUT2D eigenvalue weighted by Crippen LogP contribution is 2.21. The number of rotatable bonds is 11. The molecular weight excluding hydrogens is 470 g/mol. The van der Waals surface area contributed by atoms with Gasteiger partial charge in [-0.05, 0) is 41.2 Å². The molecule has 0 fully saturated rings. The summed E-state index contributed by atoms with van der Waals surface area (Å²) in [5, 5.41) is 3.76. The van der Waals surface area contributed by atoms with Crippen molar-refractivity contribution in [1.82, 2.24) is 15.2 Å². The molecule has 0 aliphatic rings. The normalized spacial score (nSPS) is 12.4. The van der Waals surface area contributed by atoms with E-state index in [0.717, 1.165) is 22.1 Å². The molecule has 0 saturated heterocycles. The number of benzene rings is 1. The van der Waals surface area contributed by atoms with E-state index < -0.39 is 12.0 Å². The highest BCUT2D eigenvalue weighted by atomic mass is 16.5. The average Bonchev–Trinajstić information content (AvgIpc) is 3.28. The summed E-state index contributed by atoms with van der Waals surface area (Å²) in [7, 11) is 0. The van der Waals surface area contributed by atoms with Gasteiger partial charge in [0.1, 0.15) is 18.2 Å². The van der Waals surface area contributed by atoms with Crippen molar-refractivity contribution in [3.8, 4) is 0 Å². The number of amides is 2. The molecule has 2 aromatic heterocycles. The zero-order chi connectivity index (χ0) is 27.0. The van der Waals surface area contributed by atoms with Crippen molar-refractivity contribution in [2.75, 3.05) is 6.54 Å². The predicted octanol–water partition coefficient (Wildman–Crippen LogP) is 4.87. The molecular formula is C29H37N3O5. The van der Waals surface area contributed by atoms with E-state index in [9.17, 15) is 14.4 Å². The van der Waals surface area contributed by atoms with Crippen LogP contribution in [-0.2, 0) is 32.3 Å². The summed E-state index contributed by atoms with van der Waals surface area (Å²) in [4.78, 5) is 45.0. The van der Waals surface area contributed by atoms with E-state index in [-0.39, 0.29) is 42.6 Å². The molecule has 1 aromatic carbocycles. The van der Waals surface area contributed by atoms with Gasteiger partial charge in [0.15, 0.2) is 0 Å². The summed E-state index contributed by atoms with van der Waals surface area (Å²) >= 11 is 0. The van der Waals surface area contributed by atoms with Crippen molar-refractivity contribution < 1.29 is 23.5 Å². The van der Waals surface area contributed by atoms with Crippen molar-refractivity contribution in [2.24, 2.45) is 11.3 Å². The van der Waals surface area contributed by atoms with Crippen molar-refractivity contribution in [2.45, 2.75) is 66.7 Å². The van der Waals surface area contributed by atoms with Gasteiger partial charge in [-0.2, -0.15) is 0 Å². The number of nitrogens with one attached hydrogen (secondary N) is 1. The Labute approximate surface area is 218 Å². The number of ether oxygens (including phenoxy) is 1. The number of fused-ring (bicyclic) bond motifs is 1. The van der Waals surface area contributed by atoms with Crippen molar-refractivity contribution in [3.05, 3.63) is 66.2 Å². The smallest absolute Gasteiger partial charge is 0.308 e. The van der Waals surface area contributed by atoms with Gasteiger partial charge in [-0.1, -0.05) is 46.8 Å². The fourth-order valence-electron chi connectivity index (χ4n) is 4.03. The fourth-order valence-corrected chi connectivity index (χ4v) is 4.03. The Morgan fingerprint density at radius 1 is 1.11 bits per heavy atom. The van der Waals surface area contributed by atoms with Crippen LogP contribution in [0, 0.1) is 11.3 Å². The molecule has 198 valence electrons. The summed E-state index contributed by atoms with van der Waals surface area (Å²) in [5.74, 6) is -0.982. The molecule has 0 aliphatic carbocycles. The van der Waals surface area contributed by atoms with Gasteiger partial charge >= 0.3 is 5.97 Å². The average molecular weight is 508 g/mol. The summed E-state index contributed by atoms with van der Waals surface area (Å²) in [6.45, 7) is 10.7. The molecule has 8 heteroatoms. The number of esters is 1. The van der Waals surface area contributed by atoms with Crippen molar-refractivity contribution >= 4 is 28.8 Å². The minimum absolute atomic E-state index is 0.0456. The summed E-state index contributed by atoms with van der Waals surface area (Å²) in [5.41, 5.74) is 2.18. The first-order valence-electron chi connectivity index (χ1n) is 12.6. The zero-order valence-corrected chi connectivity index (χ0v) is 22.3. The lowest BCUT2D eigenvalue weighted by atomic mass is 9.91. The first-order chi connectivity index (χ1) is 17.5. The van der Waals surface area contributed by atoms with Crippen LogP contribution in [-0.4, -0.2) is 40.3 Å². The Bertz CT molecular complexity index is 1200. The third-order valence-corrected chi connectivity index (χ3v) is 5.61. The van der Waals surface area contributed by atoms with Crippen LogP contribution < -0.4 is 5.32 Å². The molecule has 1 atom stereocenters. The van der Waals surface area contributed by atoms with Gasteiger partial charge in [0.25, 0.3) is 0 Å². The van der Waals surface area contributed by atoms with Crippen LogP contribution in [0.25, 0.3) is 11.0 Å². The lowest BCUT2D eigenvalue weighted by Crippen LogP contribution is -2.50. The Morgan fingerprint density at radius 2 is 1.89 bits per heavy atom. The monoisotopic (exact) mass is 507 g/mol. The maximum atomic E-state index is 13.8. The minimum Gasteiger partial charge on any atom is -0.464 e. The molecule has 0 saturated carbocycles. The number of pyridine rings is 1. The molecule has 0 radical (unpaired) electrons. The SMILES string of the molecule is CC(C)CN(Cc1ccc2occc2c1)C(=O)C(CC(=O)OCc1cccnc1)NC(=O)CC(C)(C)C. The minimum atomic E-state index is -1.03. The van der Waals surface area contributed by atoms with Crippen molar-refractivity contribution in [3.63, 3.8) is 0 Å². The third-order valence-electron chi connectivity index (χ3n) is 5.61. The number of nitrogens with zero attached hydrogens (tertiary/aromatic N) is 2.